The zero-order valence-corrected chi connectivity index (χ0v) is 11.4. The lowest BCUT2D eigenvalue weighted by atomic mass is 9.93. The summed E-state index contributed by atoms with van der Waals surface area (Å²) in [5.41, 5.74) is 5.88. The number of carbonyl (C=O) groups is 2. The number of nitrogens with one attached hydrogen (secondary N) is 1. The summed E-state index contributed by atoms with van der Waals surface area (Å²) in [6, 6.07) is 3.18. The highest BCUT2D eigenvalue weighted by molar-refractivity contribution is 7.09. The first-order valence-corrected chi connectivity index (χ1v) is 7.42. The van der Waals surface area contributed by atoms with Gasteiger partial charge in [0.25, 0.3) is 0 Å². The van der Waals surface area contributed by atoms with Gasteiger partial charge in [0.2, 0.25) is 11.8 Å². The van der Waals surface area contributed by atoms with Crippen molar-refractivity contribution in [2.45, 2.75) is 37.4 Å². The second kappa shape index (κ2) is 4.94. The average Bonchev–Trinajstić information content (AvgIpc) is 2.88. The van der Waals surface area contributed by atoms with Crippen molar-refractivity contribution in [2.75, 3.05) is 6.54 Å². The summed E-state index contributed by atoms with van der Waals surface area (Å²) >= 11 is 1.61. The summed E-state index contributed by atoms with van der Waals surface area (Å²) in [5.74, 6) is -0.0267. The van der Waals surface area contributed by atoms with E-state index in [1.165, 1.54) is 0 Å². The van der Waals surface area contributed by atoms with E-state index in [2.05, 4.69) is 5.32 Å². The standard InChI is InChI=1S/C13H17N3O2S/c14-8-3-4-16-11(6-8)12(17)15-10(13(16)18)7-9-2-1-5-19-9/h1-2,5,8,10-11H,3-4,6-7,14H2,(H,15,17). The summed E-state index contributed by atoms with van der Waals surface area (Å²) in [7, 11) is 0. The topological polar surface area (TPSA) is 75.4 Å². The van der Waals surface area contributed by atoms with E-state index < -0.39 is 6.04 Å². The quantitative estimate of drug-likeness (QED) is 0.806. The molecule has 0 saturated carbocycles. The van der Waals surface area contributed by atoms with Crippen molar-refractivity contribution in [1.29, 1.82) is 0 Å². The number of fused-ring (bicyclic) bond motifs is 1. The summed E-state index contributed by atoms with van der Waals surface area (Å²) in [6.07, 6.45) is 1.93. The van der Waals surface area contributed by atoms with Gasteiger partial charge in [-0.15, -0.1) is 11.3 Å². The maximum Gasteiger partial charge on any atom is 0.246 e. The van der Waals surface area contributed by atoms with Gasteiger partial charge in [-0.25, -0.2) is 0 Å². The molecule has 3 N–H and O–H groups in total. The highest BCUT2D eigenvalue weighted by atomic mass is 32.1. The van der Waals surface area contributed by atoms with Crippen molar-refractivity contribution in [3.05, 3.63) is 22.4 Å². The molecule has 102 valence electrons. The predicted octanol–water partition coefficient (Wildman–Crippen LogP) is 0.107. The smallest absolute Gasteiger partial charge is 0.246 e. The van der Waals surface area contributed by atoms with Crippen LogP contribution >= 0.6 is 11.3 Å². The Bertz CT molecular complexity index is 488. The van der Waals surface area contributed by atoms with E-state index >= 15 is 0 Å². The second-order valence-corrected chi connectivity index (χ2v) is 6.21. The van der Waals surface area contributed by atoms with Crippen LogP contribution in [0.4, 0.5) is 0 Å². The molecule has 2 fully saturated rings. The zero-order chi connectivity index (χ0) is 13.4. The number of rotatable bonds is 2. The van der Waals surface area contributed by atoms with Gasteiger partial charge in [-0.1, -0.05) is 6.07 Å². The van der Waals surface area contributed by atoms with Crippen molar-refractivity contribution in [1.82, 2.24) is 10.2 Å². The number of nitrogens with zero attached hydrogens (tertiary/aromatic N) is 1. The van der Waals surface area contributed by atoms with E-state index in [1.54, 1.807) is 16.2 Å². The van der Waals surface area contributed by atoms with Crippen LogP contribution in [0, 0.1) is 0 Å². The fourth-order valence-corrected chi connectivity index (χ4v) is 3.55. The Morgan fingerprint density at radius 1 is 1.47 bits per heavy atom. The van der Waals surface area contributed by atoms with Crippen molar-refractivity contribution in [3.8, 4) is 0 Å². The zero-order valence-electron chi connectivity index (χ0n) is 10.5. The van der Waals surface area contributed by atoms with Gasteiger partial charge < -0.3 is 16.0 Å². The van der Waals surface area contributed by atoms with E-state index in [-0.39, 0.29) is 23.9 Å². The number of thiophene rings is 1. The van der Waals surface area contributed by atoms with E-state index in [1.807, 2.05) is 17.5 Å². The molecule has 2 amide bonds. The van der Waals surface area contributed by atoms with Crippen LogP contribution in [0.5, 0.6) is 0 Å². The summed E-state index contributed by atoms with van der Waals surface area (Å²) in [5, 5.41) is 4.82. The Morgan fingerprint density at radius 2 is 2.32 bits per heavy atom. The van der Waals surface area contributed by atoms with Crippen molar-refractivity contribution in [2.24, 2.45) is 5.73 Å². The Kier molecular flexibility index (Phi) is 3.28. The SMILES string of the molecule is NC1CCN2C(=O)C(Cc3cccs3)NC(=O)C2C1. The lowest BCUT2D eigenvalue weighted by Crippen LogP contribution is -2.66. The Labute approximate surface area is 115 Å². The number of hydrogen-bond acceptors (Lipinski definition) is 4. The van der Waals surface area contributed by atoms with Crippen LogP contribution in [0.1, 0.15) is 17.7 Å². The van der Waals surface area contributed by atoms with E-state index in [0.29, 0.717) is 19.4 Å². The number of amides is 2. The van der Waals surface area contributed by atoms with Gasteiger partial charge in [-0.05, 0) is 24.3 Å². The van der Waals surface area contributed by atoms with Crippen molar-refractivity contribution >= 4 is 23.2 Å². The maximum atomic E-state index is 12.4. The van der Waals surface area contributed by atoms with Crippen LogP contribution in [0.25, 0.3) is 0 Å². The molecule has 1 aromatic heterocycles. The van der Waals surface area contributed by atoms with Gasteiger partial charge in [-0.2, -0.15) is 0 Å². The number of carbonyl (C=O) groups excluding carboxylic acids is 2. The van der Waals surface area contributed by atoms with Crippen LogP contribution < -0.4 is 11.1 Å². The van der Waals surface area contributed by atoms with Crippen molar-refractivity contribution < 1.29 is 9.59 Å². The molecule has 19 heavy (non-hydrogen) atoms. The van der Waals surface area contributed by atoms with Gasteiger partial charge in [0, 0.05) is 23.9 Å². The molecule has 1 aromatic rings. The molecule has 0 radical (unpaired) electrons. The minimum atomic E-state index is -0.420. The van der Waals surface area contributed by atoms with Gasteiger partial charge in [0.15, 0.2) is 0 Å². The fourth-order valence-electron chi connectivity index (χ4n) is 2.80. The van der Waals surface area contributed by atoms with Crippen LogP contribution in [0.2, 0.25) is 0 Å². The Balaban J connectivity index is 1.75. The van der Waals surface area contributed by atoms with Crippen LogP contribution in [-0.2, 0) is 16.0 Å². The monoisotopic (exact) mass is 279 g/mol. The fraction of sp³-hybridized carbons (Fsp3) is 0.538. The lowest BCUT2D eigenvalue weighted by molar-refractivity contribution is -0.151. The number of hydrogen-bond donors (Lipinski definition) is 2. The average molecular weight is 279 g/mol. The number of piperidine rings is 1. The molecule has 2 aliphatic heterocycles. The third-order valence-corrected chi connectivity index (χ3v) is 4.73. The Hall–Kier alpha value is -1.40. The molecule has 3 heterocycles. The third-order valence-electron chi connectivity index (χ3n) is 3.83. The minimum Gasteiger partial charge on any atom is -0.342 e. The Morgan fingerprint density at radius 3 is 3.05 bits per heavy atom. The maximum absolute atomic E-state index is 12.4. The summed E-state index contributed by atoms with van der Waals surface area (Å²) in [6.45, 7) is 0.596. The van der Waals surface area contributed by atoms with E-state index in [9.17, 15) is 9.59 Å². The molecule has 2 aliphatic rings. The molecule has 0 bridgehead atoms. The lowest BCUT2D eigenvalue weighted by Gasteiger charge is -2.43. The molecule has 3 rings (SSSR count). The van der Waals surface area contributed by atoms with E-state index in [4.69, 9.17) is 5.73 Å². The molecule has 3 atom stereocenters. The minimum absolute atomic E-state index is 0.0219. The van der Waals surface area contributed by atoms with Gasteiger partial charge in [0.05, 0.1) is 0 Å². The predicted molar refractivity (Wildman–Crippen MR) is 72.7 cm³/mol. The molecule has 0 spiro atoms. The first kappa shape index (κ1) is 12.6. The molecule has 3 unspecified atom stereocenters. The summed E-state index contributed by atoms with van der Waals surface area (Å²) in [4.78, 5) is 27.3. The largest absolute Gasteiger partial charge is 0.342 e. The first-order chi connectivity index (χ1) is 9.15. The highest BCUT2D eigenvalue weighted by Crippen LogP contribution is 2.23. The molecule has 5 nitrogen and oxygen atoms in total. The van der Waals surface area contributed by atoms with Crippen LogP contribution in [0.15, 0.2) is 17.5 Å². The highest BCUT2D eigenvalue weighted by Gasteiger charge is 2.43. The molecule has 0 aliphatic carbocycles. The van der Waals surface area contributed by atoms with Gasteiger partial charge in [0.1, 0.15) is 12.1 Å². The third kappa shape index (κ3) is 2.37. The second-order valence-electron chi connectivity index (χ2n) is 5.18. The molecular formula is C13H17N3O2S. The summed E-state index contributed by atoms with van der Waals surface area (Å²) < 4.78 is 0. The van der Waals surface area contributed by atoms with Crippen LogP contribution in [0.3, 0.4) is 0 Å². The number of nitrogens with two attached hydrogens (primary N) is 1. The van der Waals surface area contributed by atoms with E-state index in [0.717, 1.165) is 11.3 Å². The first-order valence-electron chi connectivity index (χ1n) is 6.54. The molecule has 0 aromatic carbocycles. The molecular weight excluding hydrogens is 262 g/mol. The van der Waals surface area contributed by atoms with Gasteiger partial charge >= 0.3 is 0 Å². The molecule has 6 heteroatoms. The van der Waals surface area contributed by atoms with Crippen LogP contribution in [-0.4, -0.2) is 41.4 Å². The number of piperazine rings is 1. The van der Waals surface area contributed by atoms with Gasteiger partial charge in [-0.3, -0.25) is 9.59 Å². The normalized spacial score (nSPS) is 31.0. The molecule has 2 saturated heterocycles. The van der Waals surface area contributed by atoms with Crippen molar-refractivity contribution in [3.63, 3.8) is 0 Å².